The van der Waals surface area contributed by atoms with Crippen LogP contribution < -0.4 is 5.69 Å². The average molecular weight is 210 g/mol. The van der Waals surface area contributed by atoms with Gasteiger partial charge < -0.3 is 0 Å². The zero-order chi connectivity index (χ0) is 11.0. The molecule has 0 saturated heterocycles. The zero-order valence-electron chi connectivity index (χ0n) is 8.16. The number of hydrogen-bond acceptors (Lipinski definition) is 5. The van der Waals surface area contributed by atoms with Gasteiger partial charge in [0.2, 0.25) is 0 Å². The molecule has 0 amide bonds. The molecule has 0 unspecified atom stereocenters. The summed E-state index contributed by atoms with van der Waals surface area (Å²) in [6.07, 6.45) is 3.11. The smallest absolute Gasteiger partial charge is 0.244 e. The molecule has 0 aliphatic heterocycles. The highest BCUT2D eigenvalue weighted by Gasteiger charge is 2.02. The van der Waals surface area contributed by atoms with E-state index in [1.165, 1.54) is 6.20 Å². The third kappa shape index (κ3) is 1.30. The molecule has 2 heterocycles. The van der Waals surface area contributed by atoms with Crippen molar-refractivity contribution in [2.75, 3.05) is 0 Å². The van der Waals surface area contributed by atoms with Gasteiger partial charge in [-0.3, -0.25) is 0 Å². The molecule has 0 aliphatic carbocycles. The van der Waals surface area contributed by atoms with Crippen LogP contribution in [0.5, 0.6) is 0 Å². The molecule has 3 rings (SSSR count). The van der Waals surface area contributed by atoms with Gasteiger partial charge in [0.05, 0.1) is 11.0 Å². The highest BCUT2D eigenvalue weighted by Crippen LogP contribution is 2.18. The molecule has 0 saturated carbocycles. The molecule has 0 radical (unpaired) electrons. The quantitative estimate of drug-likeness (QED) is 0.552. The van der Waals surface area contributed by atoms with Crippen molar-refractivity contribution in [2.45, 2.75) is 0 Å². The maximum absolute atomic E-state index is 11.1. The molecular weight excluding hydrogens is 204 g/mol. The van der Waals surface area contributed by atoms with E-state index in [1.54, 1.807) is 12.3 Å². The highest BCUT2D eigenvalue weighted by molar-refractivity contribution is 6.02. The van der Waals surface area contributed by atoms with Crippen molar-refractivity contribution in [3.05, 3.63) is 47.1 Å². The standard InChI is InChI=1S/C11H6N4O/c16-11-12-6-7-3-4-9-8(10(7)14-11)2-1-5-13-15-9/h1-6H. The number of aromatic nitrogens is 4. The van der Waals surface area contributed by atoms with Crippen LogP contribution in [-0.4, -0.2) is 20.2 Å². The fourth-order valence-electron chi connectivity index (χ4n) is 1.62. The van der Waals surface area contributed by atoms with E-state index >= 15 is 0 Å². The molecule has 0 bridgehead atoms. The third-order valence-corrected chi connectivity index (χ3v) is 2.33. The van der Waals surface area contributed by atoms with Crippen molar-refractivity contribution >= 4 is 21.8 Å². The van der Waals surface area contributed by atoms with Crippen molar-refractivity contribution in [3.63, 3.8) is 0 Å². The van der Waals surface area contributed by atoms with Gasteiger partial charge in [-0.25, -0.2) is 4.79 Å². The van der Waals surface area contributed by atoms with Gasteiger partial charge in [-0.15, -0.1) is 0 Å². The lowest BCUT2D eigenvalue weighted by Crippen LogP contribution is -2.08. The Morgan fingerprint density at radius 3 is 3.00 bits per heavy atom. The van der Waals surface area contributed by atoms with Crippen molar-refractivity contribution in [2.24, 2.45) is 0 Å². The summed E-state index contributed by atoms with van der Waals surface area (Å²) in [6.45, 7) is 0. The predicted octanol–water partition coefficient (Wildman–Crippen LogP) is 0.933. The Kier molecular flexibility index (Phi) is 1.83. The lowest BCUT2D eigenvalue weighted by atomic mass is 10.1. The van der Waals surface area contributed by atoms with E-state index in [2.05, 4.69) is 20.2 Å². The normalized spacial score (nSPS) is 10.8. The molecule has 3 aromatic rings. The number of rotatable bonds is 0. The van der Waals surface area contributed by atoms with Gasteiger partial charge in [0.15, 0.2) is 0 Å². The molecule has 5 heteroatoms. The molecule has 2 aromatic heterocycles. The van der Waals surface area contributed by atoms with Gasteiger partial charge in [0, 0.05) is 23.2 Å². The second kappa shape index (κ2) is 3.30. The Labute approximate surface area is 89.8 Å². The van der Waals surface area contributed by atoms with E-state index in [4.69, 9.17) is 0 Å². The van der Waals surface area contributed by atoms with Crippen molar-refractivity contribution in [1.82, 2.24) is 20.2 Å². The number of nitrogens with zero attached hydrogens (tertiary/aromatic N) is 4. The van der Waals surface area contributed by atoms with Crippen molar-refractivity contribution in [1.29, 1.82) is 0 Å². The largest absolute Gasteiger partial charge is 0.367 e. The Morgan fingerprint density at radius 1 is 1.12 bits per heavy atom. The fraction of sp³-hybridized carbons (Fsp3) is 0. The van der Waals surface area contributed by atoms with Gasteiger partial charge in [-0.05, 0) is 24.3 Å². The van der Waals surface area contributed by atoms with Gasteiger partial charge in [0.1, 0.15) is 0 Å². The minimum Gasteiger partial charge on any atom is -0.244 e. The maximum Gasteiger partial charge on any atom is 0.367 e. The fourth-order valence-corrected chi connectivity index (χ4v) is 1.62. The average Bonchev–Trinajstić information content (AvgIpc) is 2.54. The number of hydrogen-bond donors (Lipinski definition) is 0. The summed E-state index contributed by atoms with van der Waals surface area (Å²) in [5, 5.41) is 9.46. The molecule has 0 N–H and O–H groups in total. The number of benzene rings is 1. The lowest BCUT2D eigenvalue weighted by molar-refractivity contribution is 1.09. The first-order valence-corrected chi connectivity index (χ1v) is 4.72. The van der Waals surface area contributed by atoms with Crippen LogP contribution in [0.3, 0.4) is 0 Å². The molecule has 0 spiro atoms. The second-order valence-corrected chi connectivity index (χ2v) is 3.31. The van der Waals surface area contributed by atoms with E-state index in [0.29, 0.717) is 11.0 Å². The maximum atomic E-state index is 11.1. The first-order chi connectivity index (χ1) is 7.84. The summed E-state index contributed by atoms with van der Waals surface area (Å²) in [7, 11) is 0. The van der Waals surface area contributed by atoms with E-state index in [0.717, 1.165) is 10.8 Å². The second-order valence-electron chi connectivity index (χ2n) is 3.31. The highest BCUT2D eigenvalue weighted by atomic mass is 16.1. The van der Waals surface area contributed by atoms with Gasteiger partial charge in [0.25, 0.3) is 0 Å². The van der Waals surface area contributed by atoms with Crippen LogP contribution in [0.25, 0.3) is 21.8 Å². The Bertz CT molecular complexity index is 742. The summed E-state index contributed by atoms with van der Waals surface area (Å²) in [4.78, 5) is 18.7. The first-order valence-electron chi connectivity index (χ1n) is 4.72. The van der Waals surface area contributed by atoms with Gasteiger partial charge in [-0.2, -0.15) is 20.2 Å². The summed E-state index contributed by atoms with van der Waals surface area (Å²) in [6, 6.07) is 7.26. The van der Waals surface area contributed by atoms with Crippen LogP contribution in [-0.2, 0) is 0 Å². The summed E-state index contributed by atoms with van der Waals surface area (Å²) in [5.74, 6) is 0. The zero-order valence-corrected chi connectivity index (χ0v) is 8.16. The van der Waals surface area contributed by atoms with E-state index in [-0.39, 0.29) is 0 Å². The molecule has 0 atom stereocenters. The predicted molar refractivity (Wildman–Crippen MR) is 58.9 cm³/mol. The van der Waals surface area contributed by atoms with E-state index in [1.807, 2.05) is 18.2 Å². The van der Waals surface area contributed by atoms with Crippen LogP contribution in [0.15, 0.2) is 41.5 Å². The molecule has 5 nitrogen and oxygen atoms in total. The van der Waals surface area contributed by atoms with E-state index in [9.17, 15) is 4.79 Å². The minimum absolute atomic E-state index is 0.487. The third-order valence-electron chi connectivity index (χ3n) is 2.33. The van der Waals surface area contributed by atoms with E-state index < -0.39 is 5.69 Å². The Hall–Kier alpha value is -2.43. The van der Waals surface area contributed by atoms with Crippen molar-refractivity contribution < 1.29 is 0 Å². The summed E-state index contributed by atoms with van der Waals surface area (Å²) >= 11 is 0. The molecule has 16 heavy (non-hydrogen) atoms. The SMILES string of the molecule is O=c1ncc2ccc3nncccc3c2n1. The van der Waals surface area contributed by atoms with Crippen LogP contribution in [0.4, 0.5) is 0 Å². The summed E-state index contributed by atoms with van der Waals surface area (Å²) in [5.41, 5.74) is 0.832. The molecular formula is C11H6N4O. The lowest BCUT2D eigenvalue weighted by Gasteiger charge is -1.96. The molecule has 1 aromatic carbocycles. The van der Waals surface area contributed by atoms with Gasteiger partial charge in [-0.1, -0.05) is 0 Å². The van der Waals surface area contributed by atoms with Crippen LogP contribution in [0, 0.1) is 0 Å². The molecule has 76 valence electrons. The topological polar surface area (TPSA) is 68.6 Å². The molecule has 0 aliphatic rings. The first kappa shape index (κ1) is 8.84. The minimum atomic E-state index is -0.487. The Morgan fingerprint density at radius 2 is 2.06 bits per heavy atom. The number of fused-ring (bicyclic) bond motifs is 3. The van der Waals surface area contributed by atoms with Crippen LogP contribution in [0.1, 0.15) is 0 Å². The van der Waals surface area contributed by atoms with Crippen LogP contribution >= 0.6 is 0 Å². The monoisotopic (exact) mass is 210 g/mol. The molecule has 0 fully saturated rings. The van der Waals surface area contributed by atoms with Crippen molar-refractivity contribution in [3.8, 4) is 0 Å². The van der Waals surface area contributed by atoms with Gasteiger partial charge >= 0.3 is 5.69 Å². The van der Waals surface area contributed by atoms with Crippen LogP contribution in [0.2, 0.25) is 0 Å². The Balaban J connectivity index is 2.63. The summed E-state index contributed by atoms with van der Waals surface area (Å²) < 4.78 is 0.